The van der Waals surface area contributed by atoms with Crippen molar-refractivity contribution in [1.29, 1.82) is 0 Å². The zero-order valence-corrected chi connectivity index (χ0v) is 68.4. The summed E-state index contributed by atoms with van der Waals surface area (Å²) in [4.78, 5) is 93.1. The van der Waals surface area contributed by atoms with Gasteiger partial charge in [-0.05, 0) is 219 Å². The predicted molar refractivity (Wildman–Crippen MR) is 432 cm³/mol. The Hall–Kier alpha value is -8.81. The summed E-state index contributed by atoms with van der Waals surface area (Å²) in [6.45, 7) is 17.1. The Balaban J connectivity index is 0.000000113. The van der Waals surface area contributed by atoms with Crippen LogP contribution in [0, 0.1) is 47.3 Å². The molecule has 25 heteroatoms. The van der Waals surface area contributed by atoms with Gasteiger partial charge in [0.05, 0.1) is 72.2 Å². The number of aromatic nitrogens is 4. The number of nitrogens with zero attached hydrogens (tertiary/aromatic N) is 6. The summed E-state index contributed by atoms with van der Waals surface area (Å²) < 4.78 is 39.2. The van der Waals surface area contributed by atoms with E-state index in [-0.39, 0.29) is 41.7 Å². The molecule has 4 saturated carbocycles. The molecule has 20 atom stereocenters. The second-order valence-corrected chi connectivity index (χ2v) is 34.8. The van der Waals surface area contributed by atoms with Gasteiger partial charge in [-0.1, -0.05) is 53.4 Å². The largest absolute Gasteiger partial charge is 0.508 e. The molecule has 12 fully saturated rings. The Labute approximate surface area is 670 Å². The maximum absolute atomic E-state index is 13.7. The van der Waals surface area contributed by atoms with Gasteiger partial charge in [-0.15, -0.1) is 0 Å². The van der Waals surface area contributed by atoms with Crippen molar-refractivity contribution in [1.82, 2.24) is 38.7 Å². The molecule has 16 aliphatic rings. The standard InChI is InChI=1S/C24H30N2O5.C22H26N2O5.C22H28N2O3.C19H24N2O.C2H3ClO2/c1-5-15-10-14-12-24(22(27)30-3)20(15)25(13-14)9-8-17-18-11-16(29-2)6-7-19(18)26(21(17)24)23(28)31-4;1-3-13-8-12-10-22(20(26)27)18(13)23(11-12)7-6-15-16-9-14(25)4-5-17(16)24(19(15)22)21(28)29-2;1-4-14-9-13-11-22(21(25)27-3)19-16(7-8-24(12-13)20(14)22)17-10-15(26-2)5-6-18(17)23-19;1-2-12-7-11-8-16-18-14(5-6-21(10-11)19(12)16)15-9-13(22)3-4-17(15)20-18;1-5-2(3)4/h6-7,11,14-15,20H,5,8-10,12-13H2,1-4H3;4-5,9,12-13,18,25H,3,6-8,10-11H2,1-2H3,(H,26,27);5-6,10,13-14,20,23H,4,7-9,11-12H2,1-3H3;3-4,9,11-12,16,19-20,22H,2,5-8,10H2,1H3;1H3/t14?,15?,20?,24-;12?,13?,18?,22-;13?,14?,20?,22-;11?,12?,16-,19?;/m0010./s1. The number of piperidine rings is 8. The molecule has 16 heterocycles. The highest BCUT2D eigenvalue weighted by Gasteiger charge is 2.67. The van der Waals surface area contributed by atoms with Crippen molar-refractivity contribution in [2.45, 2.75) is 177 Å². The topological polar surface area (TPSA) is 282 Å². The van der Waals surface area contributed by atoms with E-state index in [0.717, 1.165) is 171 Å². The van der Waals surface area contributed by atoms with Crippen LogP contribution in [0.1, 0.15) is 156 Å². The van der Waals surface area contributed by atoms with E-state index in [4.69, 9.17) is 28.4 Å². The van der Waals surface area contributed by atoms with Crippen LogP contribution in [0.4, 0.5) is 14.4 Å². The van der Waals surface area contributed by atoms with E-state index in [1.165, 1.54) is 111 Å². The maximum Gasteiger partial charge on any atom is 0.418 e. The summed E-state index contributed by atoms with van der Waals surface area (Å²) in [7, 11) is 10.3. The molecule has 4 aromatic carbocycles. The lowest BCUT2D eigenvalue weighted by Gasteiger charge is -2.58. The van der Waals surface area contributed by atoms with Crippen molar-refractivity contribution in [3.05, 3.63) is 118 Å². The minimum Gasteiger partial charge on any atom is -0.508 e. The fraction of sp³-hybridized carbons (Fsp3) is 0.573. The number of rotatable bonds is 9. The fourth-order valence-electron chi connectivity index (χ4n) is 25.6. The number of phenols is 2. The number of carboxylic acid groups (broad SMARTS) is 1. The molecule has 4 aliphatic carbocycles. The van der Waals surface area contributed by atoms with E-state index in [1.807, 2.05) is 36.4 Å². The summed E-state index contributed by atoms with van der Waals surface area (Å²) in [5.74, 6) is 5.78. The summed E-state index contributed by atoms with van der Waals surface area (Å²) in [6, 6.07) is 23.4. The number of aromatic hydroxyl groups is 2. The third-order valence-electron chi connectivity index (χ3n) is 29.4. The lowest BCUT2D eigenvalue weighted by atomic mass is 9.56. The van der Waals surface area contributed by atoms with Gasteiger partial charge in [-0.25, -0.2) is 23.5 Å². The average Bonchev–Trinajstić information content (AvgIpc) is 1.49. The van der Waals surface area contributed by atoms with Crippen molar-refractivity contribution < 1.29 is 77.2 Å². The Kier molecular flexibility index (Phi) is 21.5. The van der Waals surface area contributed by atoms with Crippen LogP contribution in [-0.2, 0) is 80.0 Å². The van der Waals surface area contributed by atoms with Crippen molar-refractivity contribution in [2.24, 2.45) is 47.3 Å². The van der Waals surface area contributed by atoms with Gasteiger partial charge in [0.1, 0.15) is 39.2 Å². The highest BCUT2D eigenvalue weighted by atomic mass is 35.5. The van der Waals surface area contributed by atoms with E-state index < -0.39 is 39.8 Å². The predicted octanol–water partition coefficient (Wildman–Crippen LogP) is 14.2. The number of hydrogen-bond acceptors (Lipinski definition) is 19. The van der Waals surface area contributed by atoms with Crippen molar-refractivity contribution in [3.63, 3.8) is 0 Å². The van der Waals surface area contributed by atoms with Crippen molar-refractivity contribution in [2.75, 3.05) is 102 Å². The Morgan fingerprint density at radius 2 is 0.868 bits per heavy atom. The van der Waals surface area contributed by atoms with Crippen LogP contribution >= 0.6 is 11.6 Å². The minimum absolute atomic E-state index is 0.0193. The minimum atomic E-state index is -1.16. The number of hydrogen-bond donors (Lipinski definition) is 5. The van der Waals surface area contributed by atoms with Gasteiger partial charge in [-0.3, -0.25) is 34.0 Å². The monoisotopic (exact) mass is 1580 g/mol. The second-order valence-electron chi connectivity index (χ2n) is 34.5. The van der Waals surface area contributed by atoms with Crippen LogP contribution < -0.4 is 9.47 Å². The zero-order chi connectivity index (χ0) is 80.3. The fourth-order valence-corrected chi connectivity index (χ4v) is 25.6. The summed E-state index contributed by atoms with van der Waals surface area (Å²) in [6.07, 6.45) is 15.1. The normalized spacial score (nSPS) is 32.2. The number of benzene rings is 4. The lowest BCUT2D eigenvalue weighted by Crippen LogP contribution is -2.67. The van der Waals surface area contributed by atoms with Gasteiger partial charge in [0, 0.05) is 138 Å². The summed E-state index contributed by atoms with van der Waals surface area (Å²) >= 11 is 4.60. The number of ether oxygens (including phenoxy) is 7. The molecule has 0 radical (unpaired) electrons. The number of H-pyrrole nitrogens is 2. The molecule has 16 bridgehead atoms. The first kappa shape index (κ1) is 79.0. The van der Waals surface area contributed by atoms with Gasteiger partial charge in [0.25, 0.3) is 0 Å². The highest BCUT2D eigenvalue weighted by Crippen LogP contribution is 2.61. The Morgan fingerprint density at radius 3 is 1.40 bits per heavy atom. The molecule has 8 aromatic rings. The van der Waals surface area contributed by atoms with Gasteiger partial charge in [0.15, 0.2) is 0 Å². The summed E-state index contributed by atoms with van der Waals surface area (Å²) in [5.41, 5.74) is 8.81. The number of aromatic amines is 2. The van der Waals surface area contributed by atoms with E-state index in [9.17, 15) is 44.1 Å². The number of nitrogens with one attached hydrogen (secondary N) is 2. The van der Waals surface area contributed by atoms with Crippen LogP contribution in [0.25, 0.3) is 43.6 Å². The van der Waals surface area contributed by atoms with Crippen LogP contribution in [0.15, 0.2) is 72.8 Å². The molecular formula is C89H111ClN8O16. The molecular weight excluding hydrogens is 1470 g/mol. The van der Waals surface area contributed by atoms with E-state index in [0.29, 0.717) is 71.7 Å². The molecule has 24 nitrogen and oxygen atoms in total. The maximum atomic E-state index is 13.7. The molecule has 114 heavy (non-hydrogen) atoms. The van der Waals surface area contributed by atoms with Crippen LogP contribution in [0.3, 0.4) is 0 Å². The van der Waals surface area contributed by atoms with Gasteiger partial charge >= 0.3 is 35.5 Å². The van der Waals surface area contributed by atoms with Crippen molar-refractivity contribution in [3.8, 4) is 23.0 Å². The van der Waals surface area contributed by atoms with Gasteiger partial charge in [-0.2, -0.15) is 0 Å². The molecule has 16 unspecified atom stereocenters. The van der Waals surface area contributed by atoms with E-state index in [1.54, 1.807) is 44.1 Å². The Morgan fingerprint density at radius 1 is 0.456 bits per heavy atom. The number of carbonyl (C=O) groups is 6. The SMILES string of the molecule is CCC1CC2CN3CCc4c([nH]c5ccc(OC)cc45)[C@](C(=O)OC)(C2)C13.CCC1CC2CN3CCc4c(n(C(=O)OC)c5ccc(O)cc45)[C@](C(=O)O)(C2)C13.CCC1CC2CN3CCc4c(n(C(=O)OC)c5ccc(OC)cc45)[C@](C(=O)OC)(C2)C13.CCC1CC2C[C@H]3c4[nH]c5ccc(O)cc5c4CCN(C2)C13.COC(=O)Cl. The third-order valence-corrected chi connectivity index (χ3v) is 29.5. The highest BCUT2D eigenvalue weighted by molar-refractivity contribution is 6.61. The number of methoxy groups -OCH3 is 7. The first-order chi connectivity index (χ1) is 55.0. The number of carboxylic acids is 1. The lowest BCUT2D eigenvalue weighted by molar-refractivity contribution is -0.163. The molecule has 5 N–H and O–H groups in total. The second kappa shape index (κ2) is 31.0. The number of esters is 2. The van der Waals surface area contributed by atoms with Crippen LogP contribution in [0.2, 0.25) is 0 Å². The van der Waals surface area contributed by atoms with Gasteiger partial charge in [0.2, 0.25) is 0 Å². The number of fused-ring (bicyclic) bond motifs is 16. The van der Waals surface area contributed by atoms with Crippen LogP contribution in [-0.4, -0.2) is 216 Å². The number of phenolic OH excluding ortho intramolecular Hbond substituents is 2. The van der Waals surface area contributed by atoms with Gasteiger partial charge < -0.3 is 58.4 Å². The molecule has 24 rings (SSSR count). The summed E-state index contributed by atoms with van der Waals surface area (Å²) in [5, 5.41) is 34.7. The average molecular weight is 1580 g/mol. The molecule has 4 aromatic heterocycles. The van der Waals surface area contributed by atoms with E-state index >= 15 is 0 Å². The molecule has 610 valence electrons. The first-order valence-corrected chi connectivity index (χ1v) is 41.8. The van der Waals surface area contributed by atoms with Crippen LogP contribution in [0.5, 0.6) is 23.0 Å². The molecule has 8 saturated heterocycles. The Bertz CT molecular complexity index is 5080. The zero-order valence-electron chi connectivity index (χ0n) is 67.6. The molecule has 0 spiro atoms. The molecule has 12 aliphatic heterocycles. The first-order valence-electron chi connectivity index (χ1n) is 41.4. The van der Waals surface area contributed by atoms with Crippen molar-refractivity contribution >= 4 is 90.7 Å². The number of carbonyl (C=O) groups excluding carboxylic acids is 5. The smallest absolute Gasteiger partial charge is 0.418 e. The number of halogens is 1. The number of aliphatic carboxylic acids is 1. The quantitative estimate of drug-likeness (QED) is 0.0510. The third kappa shape index (κ3) is 12.5. The van der Waals surface area contributed by atoms with E-state index in [2.05, 4.69) is 85.7 Å². The molecule has 0 amide bonds.